The van der Waals surface area contributed by atoms with E-state index in [0.29, 0.717) is 6.54 Å². The number of carboxylic acid groups (broad SMARTS) is 1. The van der Waals surface area contributed by atoms with E-state index < -0.39 is 22.6 Å². The molecule has 4 nitrogen and oxygen atoms in total. The quantitative estimate of drug-likeness (QED) is 0.844. The van der Waals surface area contributed by atoms with E-state index in [1.165, 1.54) is 12.1 Å². The molecule has 1 aromatic rings. The predicted molar refractivity (Wildman–Crippen MR) is 65.4 cm³/mol. The summed E-state index contributed by atoms with van der Waals surface area (Å²) in [6.07, 6.45) is 1.57. The van der Waals surface area contributed by atoms with Crippen molar-refractivity contribution >= 4 is 22.5 Å². The highest BCUT2D eigenvalue weighted by molar-refractivity contribution is 7.84. The van der Waals surface area contributed by atoms with E-state index in [4.69, 9.17) is 5.11 Å². The SMILES string of the molecule is CC(CNc1cccc(F)c1C(=O)O)S(C)=O. The van der Waals surface area contributed by atoms with Gasteiger partial charge >= 0.3 is 5.97 Å². The largest absolute Gasteiger partial charge is 0.478 e. The molecule has 0 radical (unpaired) electrons. The van der Waals surface area contributed by atoms with Crippen LogP contribution >= 0.6 is 0 Å². The van der Waals surface area contributed by atoms with Gasteiger partial charge in [-0.05, 0) is 19.1 Å². The third kappa shape index (κ3) is 3.52. The van der Waals surface area contributed by atoms with E-state index in [9.17, 15) is 13.4 Å². The summed E-state index contributed by atoms with van der Waals surface area (Å²) in [6.45, 7) is 2.09. The highest BCUT2D eigenvalue weighted by Crippen LogP contribution is 2.19. The van der Waals surface area contributed by atoms with Crippen LogP contribution in [0.3, 0.4) is 0 Å². The van der Waals surface area contributed by atoms with Crippen molar-refractivity contribution in [2.75, 3.05) is 18.1 Å². The van der Waals surface area contributed by atoms with Gasteiger partial charge in [0, 0.05) is 28.9 Å². The van der Waals surface area contributed by atoms with Crippen molar-refractivity contribution in [2.24, 2.45) is 0 Å². The van der Waals surface area contributed by atoms with E-state index in [1.54, 1.807) is 13.2 Å². The first-order valence-corrected chi connectivity index (χ1v) is 6.63. The molecule has 0 bridgehead atoms. The Bertz CT molecular complexity index is 450. The number of carboxylic acids is 1. The Hall–Kier alpha value is -1.43. The first-order valence-electron chi connectivity index (χ1n) is 5.01. The molecule has 1 aromatic carbocycles. The molecule has 0 saturated heterocycles. The maximum atomic E-state index is 13.3. The lowest BCUT2D eigenvalue weighted by atomic mass is 10.1. The Morgan fingerprint density at radius 3 is 2.76 bits per heavy atom. The summed E-state index contributed by atoms with van der Waals surface area (Å²) in [6, 6.07) is 4.01. The molecule has 0 aliphatic heterocycles. The van der Waals surface area contributed by atoms with Crippen LogP contribution in [-0.2, 0) is 10.8 Å². The summed E-state index contributed by atoms with van der Waals surface area (Å²) in [5.74, 6) is -2.11. The van der Waals surface area contributed by atoms with Crippen LogP contribution < -0.4 is 5.32 Å². The second-order valence-corrected chi connectivity index (χ2v) is 5.46. The number of nitrogens with one attached hydrogen (secondary N) is 1. The lowest BCUT2D eigenvalue weighted by Crippen LogP contribution is -2.22. The first kappa shape index (κ1) is 13.6. The minimum Gasteiger partial charge on any atom is -0.478 e. The van der Waals surface area contributed by atoms with Crippen molar-refractivity contribution in [1.82, 2.24) is 0 Å². The number of hydrogen-bond donors (Lipinski definition) is 2. The Kier molecular flexibility index (Phi) is 4.62. The van der Waals surface area contributed by atoms with Crippen LogP contribution in [0.25, 0.3) is 0 Å². The summed E-state index contributed by atoms with van der Waals surface area (Å²) in [5, 5.41) is 11.5. The Morgan fingerprint density at radius 1 is 1.59 bits per heavy atom. The maximum Gasteiger partial charge on any atom is 0.340 e. The Morgan fingerprint density at radius 2 is 2.24 bits per heavy atom. The van der Waals surface area contributed by atoms with Crippen molar-refractivity contribution in [1.29, 1.82) is 0 Å². The smallest absolute Gasteiger partial charge is 0.340 e. The van der Waals surface area contributed by atoms with Gasteiger partial charge in [-0.15, -0.1) is 0 Å². The number of aromatic carboxylic acids is 1. The molecular weight excluding hydrogens is 245 g/mol. The lowest BCUT2D eigenvalue weighted by Gasteiger charge is -2.13. The van der Waals surface area contributed by atoms with Crippen molar-refractivity contribution in [3.63, 3.8) is 0 Å². The van der Waals surface area contributed by atoms with Gasteiger partial charge in [-0.25, -0.2) is 9.18 Å². The predicted octanol–water partition coefficient (Wildman–Crippen LogP) is 1.70. The van der Waals surface area contributed by atoms with Gasteiger partial charge in [0.2, 0.25) is 0 Å². The summed E-state index contributed by atoms with van der Waals surface area (Å²) in [4.78, 5) is 10.9. The van der Waals surface area contributed by atoms with Crippen molar-refractivity contribution in [2.45, 2.75) is 12.2 Å². The van der Waals surface area contributed by atoms with Crippen LogP contribution in [-0.4, -0.2) is 33.3 Å². The fourth-order valence-electron chi connectivity index (χ4n) is 1.26. The van der Waals surface area contributed by atoms with Crippen LogP contribution in [0.4, 0.5) is 10.1 Å². The van der Waals surface area contributed by atoms with E-state index in [2.05, 4.69) is 5.32 Å². The number of benzene rings is 1. The van der Waals surface area contributed by atoms with Gasteiger partial charge in [-0.3, -0.25) is 4.21 Å². The summed E-state index contributed by atoms with van der Waals surface area (Å²) < 4.78 is 24.4. The topological polar surface area (TPSA) is 66.4 Å². The minimum atomic E-state index is -1.32. The molecule has 0 aliphatic rings. The molecule has 94 valence electrons. The van der Waals surface area contributed by atoms with Crippen LogP contribution in [0.15, 0.2) is 18.2 Å². The molecule has 0 aliphatic carbocycles. The standard InChI is InChI=1S/C11H14FNO3S/c1-7(17(2)16)6-13-9-5-3-4-8(12)10(9)11(14)15/h3-5,7,13H,6H2,1-2H3,(H,14,15). The Labute approximate surface area is 101 Å². The molecular formula is C11H14FNO3S. The normalized spacial score (nSPS) is 14.1. The van der Waals surface area contributed by atoms with Crippen LogP contribution in [0.1, 0.15) is 17.3 Å². The first-order chi connectivity index (χ1) is 7.93. The average Bonchev–Trinajstić information content (AvgIpc) is 2.24. The van der Waals surface area contributed by atoms with Crippen molar-refractivity contribution in [3.05, 3.63) is 29.6 Å². The highest BCUT2D eigenvalue weighted by atomic mass is 32.2. The van der Waals surface area contributed by atoms with Crippen molar-refractivity contribution < 1.29 is 18.5 Å². The van der Waals surface area contributed by atoms with Gasteiger partial charge in [-0.2, -0.15) is 0 Å². The second-order valence-electron chi connectivity index (χ2n) is 3.66. The lowest BCUT2D eigenvalue weighted by molar-refractivity contribution is 0.0693. The monoisotopic (exact) mass is 259 g/mol. The maximum absolute atomic E-state index is 13.3. The van der Waals surface area contributed by atoms with E-state index in [1.807, 2.05) is 0 Å². The minimum absolute atomic E-state index is 0.139. The van der Waals surface area contributed by atoms with Gasteiger partial charge in [0.05, 0.1) is 5.69 Å². The number of rotatable bonds is 5. The number of carbonyl (C=O) groups is 1. The summed E-state index contributed by atoms with van der Waals surface area (Å²) >= 11 is 0. The fraction of sp³-hybridized carbons (Fsp3) is 0.364. The molecule has 0 spiro atoms. The molecule has 0 heterocycles. The van der Waals surface area contributed by atoms with Crippen LogP contribution in [0.2, 0.25) is 0 Å². The molecule has 0 aromatic heterocycles. The number of anilines is 1. The molecule has 2 unspecified atom stereocenters. The van der Waals surface area contributed by atoms with Gasteiger partial charge in [-0.1, -0.05) is 6.07 Å². The third-order valence-corrected chi connectivity index (χ3v) is 3.67. The molecule has 2 atom stereocenters. The molecule has 2 N–H and O–H groups in total. The number of halogens is 1. The van der Waals surface area contributed by atoms with Gasteiger partial charge in [0.1, 0.15) is 11.4 Å². The van der Waals surface area contributed by atoms with E-state index >= 15 is 0 Å². The molecule has 6 heteroatoms. The zero-order valence-electron chi connectivity index (χ0n) is 9.57. The third-order valence-electron chi connectivity index (χ3n) is 2.37. The molecule has 0 fully saturated rings. The van der Waals surface area contributed by atoms with Gasteiger partial charge in [0.15, 0.2) is 0 Å². The molecule has 0 amide bonds. The van der Waals surface area contributed by atoms with Gasteiger partial charge < -0.3 is 10.4 Å². The van der Waals surface area contributed by atoms with Crippen LogP contribution in [0.5, 0.6) is 0 Å². The van der Waals surface area contributed by atoms with Crippen molar-refractivity contribution in [3.8, 4) is 0 Å². The molecule has 0 saturated carbocycles. The van der Waals surface area contributed by atoms with Crippen LogP contribution in [0, 0.1) is 5.82 Å². The molecule has 17 heavy (non-hydrogen) atoms. The van der Waals surface area contributed by atoms with E-state index in [-0.39, 0.29) is 16.5 Å². The second kappa shape index (κ2) is 5.77. The number of hydrogen-bond acceptors (Lipinski definition) is 3. The Balaban J connectivity index is 2.88. The fourth-order valence-corrected chi connectivity index (χ4v) is 1.58. The highest BCUT2D eigenvalue weighted by Gasteiger charge is 2.16. The average molecular weight is 259 g/mol. The summed E-state index contributed by atoms with van der Waals surface area (Å²) in [5.41, 5.74) is -0.184. The molecule has 1 rings (SSSR count). The zero-order chi connectivity index (χ0) is 13.0. The zero-order valence-corrected chi connectivity index (χ0v) is 10.4. The summed E-state index contributed by atoms with van der Waals surface area (Å²) in [7, 11) is -1.01. The van der Waals surface area contributed by atoms with E-state index in [0.717, 1.165) is 6.07 Å². The van der Waals surface area contributed by atoms with Gasteiger partial charge in [0.25, 0.3) is 0 Å².